The Bertz CT molecular complexity index is 242. The molecule has 1 heterocycles. The summed E-state index contributed by atoms with van der Waals surface area (Å²) in [5.41, 5.74) is 0.292. The van der Waals surface area contributed by atoms with Crippen LogP contribution in [-0.4, -0.2) is 47.1 Å². The molecule has 0 spiro atoms. The van der Waals surface area contributed by atoms with Crippen LogP contribution in [0.2, 0.25) is 0 Å². The van der Waals surface area contributed by atoms with Crippen LogP contribution in [0, 0.1) is 0 Å². The van der Waals surface area contributed by atoms with E-state index in [1.165, 1.54) is 51.1 Å². The highest BCUT2D eigenvalue weighted by molar-refractivity contribution is 7.99. The van der Waals surface area contributed by atoms with Gasteiger partial charge in [0.05, 0.1) is 0 Å². The largest absolute Gasteiger partial charge is 0.310 e. The van der Waals surface area contributed by atoms with E-state index < -0.39 is 0 Å². The summed E-state index contributed by atoms with van der Waals surface area (Å²) < 4.78 is 0. The maximum absolute atomic E-state index is 3.67. The first kappa shape index (κ1) is 13.7. The Hall–Kier alpha value is 0.270. The highest BCUT2D eigenvalue weighted by Crippen LogP contribution is 2.34. The van der Waals surface area contributed by atoms with Crippen LogP contribution in [0.4, 0.5) is 0 Å². The summed E-state index contributed by atoms with van der Waals surface area (Å²) in [6, 6.07) is 0.846. The maximum Gasteiger partial charge on any atom is 0.0252 e. The van der Waals surface area contributed by atoms with Gasteiger partial charge in [0, 0.05) is 23.4 Å². The smallest absolute Gasteiger partial charge is 0.0252 e. The van der Waals surface area contributed by atoms with E-state index >= 15 is 0 Å². The van der Waals surface area contributed by atoms with Crippen LogP contribution in [-0.2, 0) is 0 Å². The lowest BCUT2D eigenvalue weighted by Gasteiger charge is -2.36. The lowest BCUT2D eigenvalue weighted by atomic mass is 10.0. The average molecular weight is 256 g/mol. The van der Waals surface area contributed by atoms with E-state index in [1.807, 2.05) is 0 Å². The van der Waals surface area contributed by atoms with Crippen molar-refractivity contribution in [3.63, 3.8) is 0 Å². The maximum atomic E-state index is 3.67. The van der Waals surface area contributed by atoms with Gasteiger partial charge in [0.1, 0.15) is 0 Å². The third-order valence-electron chi connectivity index (χ3n) is 4.09. The van der Waals surface area contributed by atoms with Crippen molar-refractivity contribution in [2.45, 2.75) is 63.3 Å². The van der Waals surface area contributed by atoms with Crippen LogP contribution in [0.3, 0.4) is 0 Å². The summed E-state index contributed by atoms with van der Waals surface area (Å²) in [5.74, 6) is 1.27. The molecule has 1 saturated carbocycles. The molecule has 100 valence electrons. The molecule has 2 atom stereocenters. The molecule has 0 radical (unpaired) electrons. The fourth-order valence-corrected chi connectivity index (χ4v) is 4.66. The van der Waals surface area contributed by atoms with Crippen molar-refractivity contribution in [3.05, 3.63) is 0 Å². The Morgan fingerprint density at radius 1 is 1.29 bits per heavy atom. The molecule has 2 nitrogen and oxygen atoms in total. The van der Waals surface area contributed by atoms with Crippen molar-refractivity contribution in [1.82, 2.24) is 10.2 Å². The predicted molar refractivity (Wildman–Crippen MR) is 77.8 cm³/mol. The minimum Gasteiger partial charge on any atom is -0.310 e. The van der Waals surface area contributed by atoms with Crippen LogP contribution in [0.5, 0.6) is 0 Å². The van der Waals surface area contributed by atoms with Crippen molar-refractivity contribution < 1.29 is 0 Å². The summed E-state index contributed by atoms with van der Waals surface area (Å²) in [6.07, 6.45) is 5.61. The summed E-state index contributed by atoms with van der Waals surface area (Å²) in [4.78, 5) is 2.78. The summed E-state index contributed by atoms with van der Waals surface area (Å²) in [7, 11) is 0. The molecule has 0 aromatic heterocycles. The van der Waals surface area contributed by atoms with E-state index in [4.69, 9.17) is 0 Å². The van der Waals surface area contributed by atoms with Crippen LogP contribution < -0.4 is 5.32 Å². The molecule has 0 aromatic carbocycles. The van der Waals surface area contributed by atoms with Gasteiger partial charge in [0.15, 0.2) is 0 Å². The lowest BCUT2D eigenvalue weighted by Crippen LogP contribution is -2.50. The van der Waals surface area contributed by atoms with Gasteiger partial charge in [0.25, 0.3) is 0 Å². The first-order chi connectivity index (χ1) is 8.12. The van der Waals surface area contributed by atoms with Crippen LogP contribution in [0.25, 0.3) is 0 Å². The molecule has 2 rings (SSSR count). The number of nitrogens with one attached hydrogen (secondary N) is 1. The van der Waals surface area contributed by atoms with Crippen molar-refractivity contribution in [2.75, 3.05) is 25.4 Å². The number of rotatable bonds is 3. The Balaban J connectivity index is 1.99. The van der Waals surface area contributed by atoms with Gasteiger partial charge in [-0.25, -0.2) is 0 Å². The third kappa shape index (κ3) is 3.62. The first-order valence-corrected chi connectivity index (χ1v) is 8.28. The van der Waals surface area contributed by atoms with Crippen molar-refractivity contribution in [2.24, 2.45) is 0 Å². The fraction of sp³-hybridized carbons (Fsp3) is 1.00. The Labute approximate surface area is 111 Å². The van der Waals surface area contributed by atoms with Crippen LogP contribution in [0.1, 0.15) is 46.5 Å². The molecule has 2 unspecified atom stereocenters. The lowest BCUT2D eigenvalue weighted by molar-refractivity contribution is 0.174. The first-order valence-electron chi connectivity index (χ1n) is 7.23. The monoisotopic (exact) mass is 256 g/mol. The molecule has 2 aliphatic rings. The molecule has 17 heavy (non-hydrogen) atoms. The predicted octanol–water partition coefficient (Wildman–Crippen LogP) is 2.73. The molecule has 2 fully saturated rings. The highest BCUT2D eigenvalue weighted by Gasteiger charge is 2.35. The van der Waals surface area contributed by atoms with Gasteiger partial charge in [-0.2, -0.15) is 11.8 Å². The van der Waals surface area contributed by atoms with Gasteiger partial charge < -0.3 is 5.32 Å². The average Bonchev–Trinajstić information content (AvgIpc) is 2.64. The highest BCUT2D eigenvalue weighted by atomic mass is 32.2. The zero-order valence-electron chi connectivity index (χ0n) is 11.7. The van der Waals surface area contributed by atoms with Gasteiger partial charge in [0.2, 0.25) is 0 Å². The van der Waals surface area contributed by atoms with Gasteiger partial charge >= 0.3 is 0 Å². The van der Waals surface area contributed by atoms with Crippen molar-refractivity contribution >= 4 is 11.8 Å². The quantitative estimate of drug-likeness (QED) is 0.836. The van der Waals surface area contributed by atoms with E-state index in [9.17, 15) is 0 Å². The topological polar surface area (TPSA) is 15.3 Å². The zero-order valence-corrected chi connectivity index (χ0v) is 12.5. The normalized spacial score (nSPS) is 34.8. The third-order valence-corrected chi connectivity index (χ3v) is 5.40. The van der Waals surface area contributed by atoms with E-state index in [2.05, 4.69) is 42.7 Å². The Morgan fingerprint density at radius 2 is 2.12 bits per heavy atom. The second-order valence-corrected chi connectivity index (χ2v) is 7.64. The standard InChI is InChI=1S/C14H28N2S/c1-4-17-13-8-5-7-12(13)16-10-6-9-15-14(2,3)11-16/h12-13,15H,4-11H2,1-3H3. The molecular formula is C14H28N2S. The number of nitrogens with zero attached hydrogens (tertiary/aromatic N) is 1. The van der Waals surface area contributed by atoms with Crippen molar-refractivity contribution in [3.8, 4) is 0 Å². The molecular weight excluding hydrogens is 228 g/mol. The number of hydrogen-bond acceptors (Lipinski definition) is 3. The zero-order chi connectivity index (χ0) is 12.3. The Kier molecular flexibility index (Phi) is 4.79. The number of thioether (sulfide) groups is 1. The molecule has 0 amide bonds. The molecule has 0 bridgehead atoms. The van der Waals surface area contributed by atoms with Crippen LogP contribution in [0.15, 0.2) is 0 Å². The van der Waals surface area contributed by atoms with E-state index in [1.54, 1.807) is 0 Å². The molecule has 1 aliphatic carbocycles. The van der Waals surface area contributed by atoms with E-state index in [0.717, 1.165) is 11.3 Å². The summed E-state index contributed by atoms with van der Waals surface area (Å²) in [5, 5.41) is 4.57. The second kappa shape index (κ2) is 5.94. The van der Waals surface area contributed by atoms with Crippen molar-refractivity contribution in [1.29, 1.82) is 0 Å². The second-order valence-electron chi connectivity index (χ2n) is 6.13. The SMILES string of the molecule is CCSC1CCCC1N1CCCNC(C)(C)C1. The molecule has 3 heteroatoms. The fourth-order valence-electron chi connectivity index (χ4n) is 3.37. The molecule has 1 N–H and O–H groups in total. The minimum absolute atomic E-state index is 0.292. The van der Waals surface area contributed by atoms with Gasteiger partial charge in [-0.05, 0) is 52.0 Å². The Morgan fingerprint density at radius 3 is 2.88 bits per heavy atom. The molecule has 0 aromatic rings. The summed E-state index contributed by atoms with van der Waals surface area (Å²) >= 11 is 2.19. The summed E-state index contributed by atoms with van der Waals surface area (Å²) in [6.45, 7) is 10.7. The molecule has 1 saturated heterocycles. The van der Waals surface area contributed by atoms with Gasteiger partial charge in [-0.1, -0.05) is 13.3 Å². The number of hydrogen-bond donors (Lipinski definition) is 1. The van der Waals surface area contributed by atoms with Crippen LogP contribution >= 0.6 is 11.8 Å². The van der Waals surface area contributed by atoms with E-state index in [-0.39, 0.29) is 0 Å². The van der Waals surface area contributed by atoms with E-state index in [0.29, 0.717) is 5.54 Å². The molecule has 1 aliphatic heterocycles. The van der Waals surface area contributed by atoms with Gasteiger partial charge in [-0.15, -0.1) is 0 Å². The van der Waals surface area contributed by atoms with Gasteiger partial charge in [-0.3, -0.25) is 4.90 Å². The minimum atomic E-state index is 0.292.